The van der Waals surface area contributed by atoms with Crippen molar-refractivity contribution in [3.8, 4) is 17.2 Å². The standard InChI is InChI=1S/C30H29NO4/c32-30(25-13-7-17-28(22-25)35-21-20-34-27-15-5-2-6-16-27)31-26-14-8-18-29(23-26)33-19-9-12-24-10-3-1-4-11-24/h1-8,10-11,13-18,22-23H,9,12,19-21H2,(H,31,32). The lowest BCUT2D eigenvalue weighted by atomic mass is 10.1. The molecule has 1 amide bonds. The highest BCUT2D eigenvalue weighted by atomic mass is 16.5. The van der Waals surface area contributed by atoms with E-state index in [1.165, 1.54) is 5.56 Å². The molecule has 0 radical (unpaired) electrons. The fourth-order valence-corrected chi connectivity index (χ4v) is 3.54. The normalized spacial score (nSPS) is 10.4. The Hall–Kier alpha value is -4.25. The third-order valence-electron chi connectivity index (χ3n) is 5.27. The lowest BCUT2D eigenvalue weighted by Crippen LogP contribution is -2.13. The van der Waals surface area contributed by atoms with Crippen LogP contribution in [0.1, 0.15) is 22.3 Å². The second kappa shape index (κ2) is 12.8. The highest BCUT2D eigenvalue weighted by Gasteiger charge is 2.08. The molecule has 1 N–H and O–H groups in total. The van der Waals surface area contributed by atoms with Gasteiger partial charge in [-0.15, -0.1) is 0 Å². The molecule has 0 aliphatic carbocycles. The zero-order valence-electron chi connectivity index (χ0n) is 19.6. The molecule has 178 valence electrons. The van der Waals surface area contributed by atoms with Crippen LogP contribution in [0.2, 0.25) is 0 Å². The van der Waals surface area contributed by atoms with Crippen LogP contribution in [-0.2, 0) is 6.42 Å². The van der Waals surface area contributed by atoms with Crippen molar-refractivity contribution >= 4 is 11.6 Å². The summed E-state index contributed by atoms with van der Waals surface area (Å²) in [7, 11) is 0. The average Bonchev–Trinajstić information content (AvgIpc) is 2.91. The number of aryl methyl sites for hydroxylation is 1. The first kappa shape index (κ1) is 23.9. The molecular weight excluding hydrogens is 438 g/mol. The third-order valence-corrected chi connectivity index (χ3v) is 5.27. The van der Waals surface area contributed by atoms with E-state index in [0.717, 1.165) is 24.3 Å². The smallest absolute Gasteiger partial charge is 0.255 e. The highest BCUT2D eigenvalue weighted by molar-refractivity contribution is 6.04. The number of amides is 1. The van der Waals surface area contributed by atoms with Crippen molar-refractivity contribution in [2.24, 2.45) is 0 Å². The average molecular weight is 468 g/mol. The molecule has 35 heavy (non-hydrogen) atoms. The Morgan fingerprint density at radius 2 is 1.20 bits per heavy atom. The van der Waals surface area contributed by atoms with Gasteiger partial charge in [-0.3, -0.25) is 4.79 Å². The quantitative estimate of drug-likeness (QED) is 0.245. The van der Waals surface area contributed by atoms with Gasteiger partial charge < -0.3 is 19.5 Å². The number of benzene rings is 4. The molecule has 0 bridgehead atoms. The van der Waals surface area contributed by atoms with Crippen LogP contribution in [0, 0.1) is 0 Å². The van der Waals surface area contributed by atoms with Gasteiger partial charge in [0.2, 0.25) is 0 Å². The van der Waals surface area contributed by atoms with Gasteiger partial charge >= 0.3 is 0 Å². The minimum atomic E-state index is -0.211. The molecule has 0 saturated heterocycles. The first-order valence-electron chi connectivity index (χ1n) is 11.8. The van der Waals surface area contributed by atoms with Gasteiger partial charge in [-0.2, -0.15) is 0 Å². The molecule has 4 rings (SSSR count). The second-order valence-electron chi connectivity index (χ2n) is 7.96. The van der Waals surface area contributed by atoms with Gasteiger partial charge in [0.05, 0.1) is 6.61 Å². The van der Waals surface area contributed by atoms with Gasteiger partial charge in [0.15, 0.2) is 0 Å². The van der Waals surface area contributed by atoms with E-state index < -0.39 is 0 Å². The number of hydrogen-bond donors (Lipinski definition) is 1. The van der Waals surface area contributed by atoms with E-state index in [4.69, 9.17) is 14.2 Å². The van der Waals surface area contributed by atoms with E-state index in [2.05, 4.69) is 17.4 Å². The molecule has 0 atom stereocenters. The number of nitrogens with one attached hydrogen (secondary N) is 1. The Morgan fingerprint density at radius 3 is 1.97 bits per heavy atom. The van der Waals surface area contributed by atoms with Crippen LogP contribution in [0.25, 0.3) is 0 Å². The largest absolute Gasteiger partial charge is 0.494 e. The van der Waals surface area contributed by atoms with E-state index in [1.807, 2.05) is 78.9 Å². The van der Waals surface area contributed by atoms with Gasteiger partial charge in [-0.25, -0.2) is 0 Å². The number of carbonyl (C=O) groups is 1. The van der Waals surface area contributed by atoms with Crippen LogP contribution in [0.4, 0.5) is 5.69 Å². The first-order valence-corrected chi connectivity index (χ1v) is 11.8. The van der Waals surface area contributed by atoms with Gasteiger partial charge in [0.25, 0.3) is 5.91 Å². The van der Waals surface area contributed by atoms with E-state index in [9.17, 15) is 4.79 Å². The molecule has 4 aromatic carbocycles. The Labute approximate surface area is 206 Å². The van der Waals surface area contributed by atoms with E-state index >= 15 is 0 Å². The SMILES string of the molecule is O=C(Nc1cccc(OCCCc2ccccc2)c1)c1cccc(OCCOc2ccccc2)c1. The Morgan fingerprint density at radius 1 is 0.600 bits per heavy atom. The summed E-state index contributed by atoms with van der Waals surface area (Å²) in [5.41, 5.74) is 2.49. The van der Waals surface area contributed by atoms with Crippen molar-refractivity contribution in [1.82, 2.24) is 0 Å². The Bertz CT molecular complexity index is 1200. The number of anilines is 1. The highest BCUT2D eigenvalue weighted by Crippen LogP contribution is 2.20. The lowest BCUT2D eigenvalue weighted by Gasteiger charge is -2.11. The number of ether oxygens (including phenoxy) is 3. The molecule has 4 aromatic rings. The fourth-order valence-electron chi connectivity index (χ4n) is 3.54. The van der Waals surface area contributed by atoms with Crippen LogP contribution in [0.3, 0.4) is 0 Å². The first-order chi connectivity index (χ1) is 17.3. The molecule has 0 unspecified atom stereocenters. The monoisotopic (exact) mass is 467 g/mol. The van der Waals surface area contributed by atoms with E-state index in [-0.39, 0.29) is 5.91 Å². The van der Waals surface area contributed by atoms with Gasteiger partial charge in [0.1, 0.15) is 30.5 Å². The summed E-state index contributed by atoms with van der Waals surface area (Å²) in [5.74, 6) is 1.93. The maximum Gasteiger partial charge on any atom is 0.255 e. The van der Waals surface area contributed by atoms with Crippen LogP contribution in [0.15, 0.2) is 109 Å². The third kappa shape index (κ3) is 7.93. The van der Waals surface area contributed by atoms with Crippen molar-refractivity contribution in [3.63, 3.8) is 0 Å². The van der Waals surface area contributed by atoms with Gasteiger partial charge in [-0.05, 0) is 60.9 Å². The molecule has 0 spiro atoms. The summed E-state index contributed by atoms with van der Waals surface area (Å²) in [6.45, 7) is 1.40. The van der Waals surface area contributed by atoms with Crippen molar-refractivity contribution < 1.29 is 19.0 Å². The summed E-state index contributed by atoms with van der Waals surface area (Å²) >= 11 is 0. The second-order valence-corrected chi connectivity index (χ2v) is 7.96. The molecule has 0 aliphatic heterocycles. The maximum atomic E-state index is 12.8. The summed E-state index contributed by atoms with van der Waals surface area (Å²) in [4.78, 5) is 12.8. The Balaban J connectivity index is 1.23. The Kier molecular flexibility index (Phi) is 8.77. The fraction of sp³-hybridized carbons (Fsp3) is 0.167. The molecule has 5 heteroatoms. The van der Waals surface area contributed by atoms with Crippen LogP contribution in [-0.4, -0.2) is 25.7 Å². The summed E-state index contributed by atoms with van der Waals surface area (Å²) in [5, 5.41) is 2.93. The van der Waals surface area contributed by atoms with E-state index in [0.29, 0.717) is 36.8 Å². The summed E-state index contributed by atoms with van der Waals surface area (Å²) in [6.07, 6.45) is 1.89. The topological polar surface area (TPSA) is 56.8 Å². The number of carbonyl (C=O) groups excluding carboxylic acids is 1. The van der Waals surface area contributed by atoms with Crippen molar-refractivity contribution in [2.45, 2.75) is 12.8 Å². The number of hydrogen-bond acceptors (Lipinski definition) is 4. The zero-order chi connectivity index (χ0) is 24.1. The lowest BCUT2D eigenvalue weighted by molar-refractivity contribution is 0.102. The minimum absolute atomic E-state index is 0.211. The molecule has 0 saturated carbocycles. The molecule has 5 nitrogen and oxygen atoms in total. The predicted octanol–water partition coefficient (Wildman–Crippen LogP) is 6.41. The number of rotatable bonds is 12. The summed E-state index contributed by atoms with van der Waals surface area (Å²) < 4.78 is 17.3. The number of para-hydroxylation sites is 1. The molecule has 0 aliphatic rings. The molecular formula is C30H29NO4. The van der Waals surface area contributed by atoms with Crippen LogP contribution >= 0.6 is 0 Å². The molecule has 0 aromatic heterocycles. The zero-order valence-corrected chi connectivity index (χ0v) is 19.6. The van der Waals surface area contributed by atoms with Crippen molar-refractivity contribution in [3.05, 3.63) is 120 Å². The van der Waals surface area contributed by atoms with E-state index in [1.54, 1.807) is 18.2 Å². The van der Waals surface area contributed by atoms with Crippen LogP contribution < -0.4 is 19.5 Å². The summed E-state index contributed by atoms with van der Waals surface area (Å²) in [6, 6.07) is 34.5. The van der Waals surface area contributed by atoms with Crippen molar-refractivity contribution in [2.75, 3.05) is 25.1 Å². The van der Waals surface area contributed by atoms with Gasteiger partial charge in [-0.1, -0.05) is 60.7 Å². The van der Waals surface area contributed by atoms with Gasteiger partial charge in [0, 0.05) is 17.3 Å². The van der Waals surface area contributed by atoms with Crippen LogP contribution in [0.5, 0.6) is 17.2 Å². The molecule has 0 heterocycles. The predicted molar refractivity (Wildman–Crippen MR) is 139 cm³/mol. The minimum Gasteiger partial charge on any atom is -0.494 e. The maximum absolute atomic E-state index is 12.8. The van der Waals surface area contributed by atoms with Crippen molar-refractivity contribution in [1.29, 1.82) is 0 Å². The molecule has 0 fully saturated rings.